The molecule has 0 aliphatic rings. The molecule has 0 aromatic heterocycles. The first kappa shape index (κ1) is 5.96. The van der Waals surface area contributed by atoms with Crippen molar-refractivity contribution in [3.63, 3.8) is 0 Å². The molecule has 0 aliphatic heterocycles. The van der Waals surface area contributed by atoms with Crippen molar-refractivity contribution < 1.29 is 4.79 Å². The lowest BCUT2D eigenvalue weighted by atomic mass is 10.4. The van der Waals surface area contributed by atoms with Crippen LogP contribution in [0.2, 0.25) is 0 Å². The van der Waals surface area contributed by atoms with Crippen LogP contribution in [-0.2, 0) is 4.79 Å². The van der Waals surface area contributed by atoms with E-state index in [1.807, 2.05) is 0 Å². The summed E-state index contributed by atoms with van der Waals surface area (Å²) in [5, 5.41) is 0. The van der Waals surface area contributed by atoms with Crippen LogP contribution in [0, 0.1) is 0 Å². The van der Waals surface area contributed by atoms with Gasteiger partial charge in [0.2, 0.25) is 0 Å². The quantitative estimate of drug-likeness (QED) is 0.300. The Bertz CT molecular complexity index is 36.5. The van der Waals surface area contributed by atoms with Crippen LogP contribution in [-0.4, -0.2) is 12.2 Å². The Labute approximate surface area is 42.3 Å². The fourth-order valence-electron chi connectivity index (χ4n) is 0.160. The Hall–Kier alpha value is -0.0400. The second-order valence-corrected chi connectivity index (χ2v) is 1.38. The minimum atomic E-state index is 0.596. The number of hydrogen-bond donors (Lipinski definition) is 0. The van der Waals surface area contributed by atoms with Crippen molar-refractivity contribution in [2.24, 2.45) is 0 Å². The maximum Gasteiger partial charge on any atom is 0.120 e. The van der Waals surface area contributed by atoms with E-state index in [0.29, 0.717) is 12.3 Å². The van der Waals surface area contributed by atoms with Gasteiger partial charge in [0.25, 0.3) is 0 Å². The number of aldehydes is 1. The van der Waals surface area contributed by atoms with Crippen molar-refractivity contribution in [2.45, 2.75) is 12.8 Å². The van der Waals surface area contributed by atoms with E-state index < -0.39 is 0 Å². The third kappa shape index (κ3) is 3.96. The Kier molecular flexibility index (Phi) is 4.93. The van der Waals surface area contributed by atoms with Crippen LogP contribution in [0.1, 0.15) is 12.8 Å². The van der Waals surface area contributed by atoms with Gasteiger partial charge in [-0.2, -0.15) is 0 Å². The van der Waals surface area contributed by atoms with Gasteiger partial charge in [-0.15, -0.1) is 11.6 Å². The molecule has 0 N–H and O–H groups in total. The molecule has 0 aliphatic carbocycles. The summed E-state index contributed by atoms with van der Waals surface area (Å²) in [5.41, 5.74) is 0. The summed E-state index contributed by atoms with van der Waals surface area (Å²) in [6.07, 6.45) is 2.29. The lowest BCUT2D eigenvalue weighted by molar-refractivity contribution is -0.107. The standard InChI is InChI=1S/C4H7ClO/c5-3-1-2-4-6/h4H,1-3H2. The summed E-state index contributed by atoms with van der Waals surface area (Å²) in [4.78, 5) is 9.51. The first-order chi connectivity index (χ1) is 2.91. The van der Waals surface area contributed by atoms with Crippen molar-refractivity contribution in [3.05, 3.63) is 0 Å². The summed E-state index contributed by atoms with van der Waals surface area (Å²) >= 11 is 5.22. The minimum Gasteiger partial charge on any atom is -0.303 e. The van der Waals surface area contributed by atoms with E-state index in [2.05, 4.69) is 0 Å². The van der Waals surface area contributed by atoms with E-state index in [-0.39, 0.29) is 0 Å². The number of carbonyl (C=O) groups excluding carboxylic acids is 1. The second kappa shape index (κ2) is 4.96. The molecule has 0 atom stereocenters. The van der Waals surface area contributed by atoms with Crippen LogP contribution in [0.4, 0.5) is 0 Å². The first-order valence-corrected chi connectivity index (χ1v) is 2.45. The predicted octanol–water partition coefficient (Wildman–Crippen LogP) is 1.20. The maximum atomic E-state index is 9.51. The molecule has 6 heavy (non-hydrogen) atoms. The van der Waals surface area contributed by atoms with Gasteiger partial charge < -0.3 is 4.79 Å². The Morgan fingerprint density at radius 2 is 2.33 bits per heavy atom. The lowest BCUT2D eigenvalue weighted by Gasteiger charge is -1.77. The number of halogens is 1. The molecule has 1 nitrogen and oxygen atoms in total. The third-order valence-corrected chi connectivity index (χ3v) is 0.723. The van der Waals surface area contributed by atoms with E-state index in [0.717, 1.165) is 12.7 Å². The summed E-state index contributed by atoms with van der Waals surface area (Å²) in [7, 11) is 0. The molecular weight excluding hydrogens is 99.5 g/mol. The number of hydrogen-bond acceptors (Lipinski definition) is 1. The van der Waals surface area contributed by atoms with Gasteiger partial charge in [0, 0.05) is 12.3 Å². The largest absolute Gasteiger partial charge is 0.303 e. The van der Waals surface area contributed by atoms with E-state index in [9.17, 15) is 4.79 Å². The molecule has 0 saturated heterocycles. The highest BCUT2D eigenvalue weighted by Crippen LogP contribution is 1.85. The van der Waals surface area contributed by atoms with Crippen LogP contribution in [0.25, 0.3) is 0 Å². The monoisotopic (exact) mass is 106 g/mol. The Balaban J connectivity index is 2.49. The fourth-order valence-corrected chi connectivity index (χ4v) is 0.315. The van der Waals surface area contributed by atoms with E-state index in [1.54, 1.807) is 0 Å². The molecular formula is C4H7ClO. The zero-order valence-corrected chi connectivity index (χ0v) is 4.24. The van der Waals surface area contributed by atoms with E-state index in [1.165, 1.54) is 0 Å². The number of alkyl halides is 1. The van der Waals surface area contributed by atoms with Crippen molar-refractivity contribution in [3.8, 4) is 0 Å². The van der Waals surface area contributed by atoms with Gasteiger partial charge in [-0.25, -0.2) is 0 Å². The van der Waals surface area contributed by atoms with Gasteiger partial charge >= 0.3 is 0 Å². The van der Waals surface area contributed by atoms with E-state index in [4.69, 9.17) is 11.6 Å². The summed E-state index contributed by atoms with van der Waals surface area (Å²) in [6.45, 7) is 0. The molecule has 0 heterocycles. The fraction of sp³-hybridized carbons (Fsp3) is 0.750. The topological polar surface area (TPSA) is 17.1 Å². The zero-order valence-electron chi connectivity index (χ0n) is 3.48. The summed E-state index contributed by atoms with van der Waals surface area (Å²) in [6, 6.07) is 0. The van der Waals surface area contributed by atoms with Crippen molar-refractivity contribution in [2.75, 3.05) is 5.88 Å². The Morgan fingerprint density at radius 1 is 1.67 bits per heavy atom. The van der Waals surface area contributed by atoms with Gasteiger partial charge in [-0.1, -0.05) is 0 Å². The number of rotatable bonds is 3. The second-order valence-electron chi connectivity index (χ2n) is 0.998. The molecule has 36 valence electrons. The van der Waals surface area contributed by atoms with Gasteiger partial charge in [0.05, 0.1) is 0 Å². The molecule has 0 spiro atoms. The van der Waals surface area contributed by atoms with Crippen LogP contribution < -0.4 is 0 Å². The lowest BCUT2D eigenvalue weighted by Crippen LogP contribution is -1.74. The van der Waals surface area contributed by atoms with Crippen LogP contribution in [0.15, 0.2) is 0 Å². The zero-order chi connectivity index (χ0) is 4.83. The number of carbonyl (C=O) groups is 1. The van der Waals surface area contributed by atoms with Gasteiger partial charge in [-0.05, 0) is 6.42 Å². The minimum absolute atomic E-state index is 0.596. The molecule has 0 aromatic carbocycles. The molecule has 0 saturated carbocycles. The van der Waals surface area contributed by atoms with Crippen molar-refractivity contribution in [1.82, 2.24) is 0 Å². The van der Waals surface area contributed by atoms with Crippen LogP contribution >= 0.6 is 11.6 Å². The molecule has 0 unspecified atom stereocenters. The molecule has 0 rings (SSSR count). The van der Waals surface area contributed by atoms with Gasteiger partial charge in [0.1, 0.15) is 6.29 Å². The number of unbranched alkanes of at least 4 members (excludes halogenated alkanes) is 1. The van der Waals surface area contributed by atoms with Gasteiger partial charge in [-0.3, -0.25) is 0 Å². The smallest absolute Gasteiger partial charge is 0.120 e. The average molecular weight is 107 g/mol. The SMILES string of the molecule is O=CCCCCl. The molecule has 0 fully saturated rings. The normalized spacial score (nSPS) is 8.17. The predicted molar refractivity (Wildman–Crippen MR) is 26.0 cm³/mol. The van der Waals surface area contributed by atoms with Gasteiger partial charge in [0.15, 0.2) is 0 Å². The highest BCUT2D eigenvalue weighted by atomic mass is 35.5. The summed E-state index contributed by atoms with van der Waals surface area (Å²) < 4.78 is 0. The summed E-state index contributed by atoms with van der Waals surface area (Å²) in [5.74, 6) is 0.596. The molecule has 0 amide bonds. The van der Waals surface area contributed by atoms with Crippen molar-refractivity contribution in [1.29, 1.82) is 0 Å². The maximum absolute atomic E-state index is 9.51. The first-order valence-electron chi connectivity index (χ1n) is 1.91. The van der Waals surface area contributed by atoms with E-state index >= 15 is 0 Å². The molecule has 0 bridgehead atoms. The highest BCUT2D eigenvalue weighted by molar-refractivity contribution is 6.17. The molecule has 0 radical (unpaired) electrons. The Morgan fingerprint density at radius 3 is 2.50 bits per heavy atom. The molecule has 2 heteroatoms. The third-order valence-electron chi connectivity index (χ3n) is 0.456. The average Bonchev–Trinajstić information content (AvgIpc) is 1.61. The molecule has 0 aromatic rings. The van der Waals surface area contributed by atoms with Crippen LogP contribution in [0.5, 0.6) is 0 Å². The van der Waals surface area contributed by atoms with Crippen LogP contribution in [0.3, 0.4) is 0 Å². The van der Waals surface area contributed by atoms with Crippen molar-refractivity contribution >= 4 is 17.9 Å². The highest BCUT2D eigenvalue weighted by Gasteiger charge is 1.76.